The summed E-state index contributed by atoms with van der Waals surface area (Å²) >= 11 is 5.79. The SMILES string of the molecule is Clc1ccc(C2COC[CH]N2)cc1. The second-order valence-electron chi connectivity index (χ2n) is 3.01. The Morgan fingerprint density at radius 2 is 2.08 bits per heavy atom. The Bertz CT molecular complexity index is 267. The van der Waals surface area contributed by atoms with E-state index in [0.717, 1.165) is 11.6 Å². The summed E-state index contributed by atoms with van der Waals surface area (Å²) in [6, 6.07) is 8.09. The van der Waals surface area contributed by atoms with Gasteiger partial charge >= 0.3 is 0 Å². The van der Waals surface area contributed by atoms with Crippen LogP contribution in [0.1, 0.15) is 11.6 Å². The average molecular weight is 197 g/mol. The van der Waals surface area contributed by atoms with Crippen molar-refractivity contribution < 1.29 is 4.74 Å². The fraction of sp³-hybridized carbons (Fsp3) is 0.300. The van der Waals surface area contributed by atoms with Gasteiger partial charge in [0.1, 0.15) is 0 Å². The molecule has 0 spiro atoms. The van der Waals surface area contributed by atoms with E-state index in [0.29, 0.717) is 6.61 Å². The summed E-state index contributed by atoms with van der Waals surface area (Å²) in [5.74, 6) is 0. The maximum atomic E-state index is 5.79. The fourth-order valence-corrected chi connectivity index (χ4v) is 1.50. The van der Waals surface area contributed by atoms with Crippen LogP contribution in [0.25, 0.3) is 0 Å². The van der Waals surface area contributed by atoms with Crippen LogP contribution in [0, 0.1) is 6.54 Å². The Morgan fingerprint density at radius 3 is 2.69 bits per heavy atom. The molecule has 0 saturated carbocycles. The van der Waals surface area contributed by atoms with Gasteiger partial charge in [-0.05, 0) is 17.7 Å². The summed E-state index contributed by atoms with van der Waals surface area (Å²) in [6.45, 7) is 3.34. The molecule has 2 rings (SSSR count). The van der Waals surface area contributed by atoms with Crippen LogP contribution in [-0.2, 0) is 4.74 Å². The molecular formula is C10H11ClNO. The molecule has 13 heavy (non-hydrogen) atoms. The Labute approximate surface area is 82.9 Å². The number of halogens is 1. The summed E-state index contributed by atoms with van der Waals surface area (Å²) < 4.78 is 5.32. The lowest BCUT2D eigenvalue weighted by Crippen LogP contribution is -2.30. The molecule has 1 N–H and O–H groups in total. The van der Waals surface area contributed by atoms with Gasteiger partial charge < -0.3 is 10.1 Å². The Kier molecular flexibility index (Phi) is 2.83. The van der Waals surface area contributed by atoms with Crippen LogP contribution in [0.3, 0.4) is 0 Å². The second kappa shape index (κ2) is 4.09. The first kappa shape index (κ1) is 9.00. The molecule has 2 nitrogen and oxygen atoms in total. The van der Waals surface area contributed by atoms with E-state index in [1.165, 1.54) is 5.56 Å². The lowest BCUT2D eigenvalue weighted by atomic mass is 10.1. The van der Waals surface area contributed by atoms with Gasteiger partial charge in [0.05, 0.1) is 19.3 Å². The highest BCUT2D eigenvalue weighted by Gasteiger charge is 2.14. The topological polar surface area (TPSA) is 21.3 Å². The van der Waals surface area contributed by atoms with Crippen molar-refractivity contribution in [2.45, 2.75) is 6.04 Å². The van der Waals surface area contributed by atoms with Gasteiger partial charge in [0.2, 0.25) is 0 Å². The van der Waals surface area contributed by atoms with E-state index in [1.807, 2.05) is 30.8 Å². The molecule has 1 heterocycles. The zero-order valence-electron chi connectivity index (χ0n) is 7.16. The van der Waals surface area contributed by atoms with Crippen LogP contribution < -0.4 is 5.32 Å². The van der Waals surface area contributed by atoms with Crippen molar-refractivity contribution in [1.82, 2.24) is 5.32 Å². The molecule has 0 aromatic heterocycles. The van der Waals surface area contributed by atoms with Crippen LogP contribution in [0.4, 0.5) is 0 Å². The predicted octanol–water partition coefficient (Wildman–Crippen LogP) is 2.16. The molecule has 1 saturated heterocycles. The van der Waals surface area contributed by atoms with Gasteiger partial charge in [-0.15, -0.1) is 0 Å². The molecule has 1 aromatic rings. The highest BCUT2D eigenvalue weighted by molar-refractivity contribution is 6.30. The van der Waals surface area contributed by atoms with Gasteiger partial charge in [0.25, 0.3) is 0 Å². The van der Waals surface area contributed by atoms with Gasteiger partial charge in [-0.3, -0.25) is 0 Å². The number of hydrogen-bond acceptors (Lipinski definition) is 2. The van der Waals surface area contributed by atoms with Gasteiger partial charge in [0.15, 0.2) is 0 Å². The van der Waals surface area contributed by atoms with E-state index < -0.39 is 0 Å². The molecule has 1 aromatic carbocycles. The van der Waals surface area contributed by atoms with E-state index in [-0.39, 0.29) is 6.04 Å². The molecule has 1 atom stereocenters. The van der Waals surface area contributed by atoms with Gasteiger partial charge in [-0.1, -0.05) is 23.7 Å². The minimum atomic E-state index is 0.269. The molecule has 1 aliphatic rings. The smallest absolute Gasteiger partial charge is 0.0662 e. The van der Waals surface area contributed by atoms with Crippen LogP contribution >= 0.6 is 11.6 Å². The van der Waals surface area contributed by atoms with E-state index in [2.05, 4.69) is 5.32 Å². The molecule has 1 radical (unpaired) electrons. The Morgan fingerprint density at radius 1 is 1.31 bits per heavy atom. The predicted molar refractivity (Wildman–Crippen MR) is 52.4 cm³/mol. The summed E-state index contributed by atoms with van der Waals surface area (Å²) in [6.07, 6.45) is 0. The Hall–Kier alpha value is -0.570. The number of nitrogens with one attached hydrogen (secondary N) is 1. The number of hydrogen-bond donors (Lipinski definition) is 1. The van der Waals surface area contributed by atoms with Crippen molar-refractivity contribution in [3.05, 3.63) is 41.4 Å². The van der Waals surface area contributed by atoms with Crippen molar-refractivity contribution in [3.8, 4) is 0 Å². The van der Waals surface area contributed by atoms with Crippen LogP contribution in [0.5, 0.6) is 0 Å². The monoisotopic (exact) mass is 196 g/mol. The maximum absolute atomic E-state index is 5.79. The normalized spacial score (nSPS) is 23.0. The largest absolute Gasteiger partial charge is 0.378 e. The lowest BCUT2D eigenvalue weighted by molar-refractivity contribution is 0.0968. The average Bonchev–Trinajstić information content (AvgIpc) is 2.20. The number of benzene rings is 1. The minimum Gasteiger partial charge on any atom is -0.378 e. The van der Waals surface area contributed by atoms with E-state index in [1.54, 1.807) is 0 Å². The Balaban J connectivity index is 2.10. The molecule has 69 valence electrons. The van der Waals surface area contributed by atoms with Crippen LogP contribution in [0.15, 0.2) is 24.3 Å². The highest BCUT2D eigenvalue weighted by Crippen LogP contribution is 2.18. The van der Waals surface area contributed by atoms with Gasteiger partial charge in [0, 0.05) is 11.6 Å². The number of rotatable bonds is 1. The third-order valence-electron chi connectivity index (χ3n) is 2.08. The molecule has 1 aliphatic heterocycles. The summed E-state index contributed by atoms with van der Waals surface area (Å²) in [5, 5.41) is 4.03. The summed E-state index contributed by atoms with van der Waals surface area (Å²) in [5.41, 5.74) is 1.21. The van der Waals surface area contributed by atoms with Crippen molar-refractivity contribution in [1.29, 1.82) is 0 Å². The zero-order valence-corrected chi connectivity index (χ0v) is 7.92. The van der Waals surface area contributed by atoms with Crippen LogP contribution in [0.2, 0.25) is 5.02 Å². The molecule has 1 fully saturated rings. The van der Waals surface area contributed by atoms with E-state index in [9.17, 15) is 0 Å². The molecule has 3 heteroatoms. The third kappa shape index (κ3) is 2.21. The van der Waals surface area contributed by atoms with E-state index in [4.69, 9.17) is 16.3 Å². The summed E-state index contributed by atoms with van der Waals surface area (Å²) in [4.78, 5) is 0. The molecule has 0 aliphatic carbocycles. The summed E-state index contributed by atoms with van der Waals surface area (Å²) in [7, 11) is 0. The van der Waals surface area contributed by atoms with Crippen molar-refractivity contribution in [2.24, 2.45) is 0 Å². The molecule has 1 unspecified atom stereocenters. The maximum Gasteiger partial charge on any atom is 0.0662 e. The van der Waals surface area contributed by atoms with Gasteiger partial charge in [-0.25, -0.2) is 0 Å². The lowest BCUT2D eigenvalue weighted by Gasteiger charge is -2.23. The fourth-order valence-electron chi connectivity index (χ4n) is 1.37. The van der Waals surface area contributed by atoms with Crippen molar-refractivity contribution in [2.75, 3.05) is 13.2 Å². The third-order valence-corrected chi connectivity index (χ3v) is 2.33. The quantitative estimate of drug-likeness (QED) is 0.744. The number of ether oxygens (including phenoxy) is 1. The molecule has 0 amide bonds. The van der Waals surface area contributed by atoms with Crippen LogP contribution in [-0.4, -0.2) is 13.2 Å². The van der Waals surface area contributed by atoms with Crippen molar-refractivity contribution in [3.63, 3.8) is 0 Å². The zero-order chi connectivity index (χ0) is 9.10. The molecule has 0 bridgehead atoms. The van der Waals surface area contributed by atoms with E-state index >= 15 is 0 Å². The standard InChI is InChI=1S/C10H11ClNO/c11-9-3-1-8(2-4-9)10-7-13-6-5-12-10/h1-5,10,12H,6-7H2. The minimum absolute atomic E-state index is 0.269. The first-order valence-corrected chi connectivity index (χ1v) is 4.65. The van der Waals surface area contributed by atoms with Crippen molar-refractivity contribution >= 4 is 11.6 Å². The first-order chi connectivity index (χ1) is 6.36. The van der Waals surface area contributed by atoms with Gasteiger partial charge in [-0.2, -0.15) is 0 Å². The number of morpholine rings is 1. The highest BCUT2D eigenvalue weighted by atomic mass is 35.5. The first-order valence-electron chi connectivity index (χ1n) is 4.27. The second-order valence-corrected chi connectivity index (χ2v) is 3.45. The molecular weight excluding hydrogens is 186 g/mol.